The first-order valence-electron chi connectivity index (χ1n) is 10.1. The van der Waals surface area contributed by atoms with E-state index < -0.39 is 17.2 Å². The molecule has 10 heteroatoms. The molecule has 0 unspecified atom stereocenters. The van der Waals surface area contributed by atoms with Crippen LogP contribution in [0.2, 0.25) is 0 Å². The third-order valence-electron chi connectivity index (χ3n) is 5.12. The maximum atomic E-state index is 13.3. The summed E-state index contributed by atoms with van der Waals surface area (Å²) in [6, 6.07) is 10.3. The number of furan rings is 1. The summed E-state index contributed by atoms with van der Waals surface area (Å²) in [5.41, 5.74) is 0.550. The minimum absolute atomic E-state index is 0.0496. The number of amides is 1. The zero-order valence-corrected chi connectivity index (χ0v) is 18.0. The van der Waals surface area contributed by atoms with Gasteiger partial charge in [-0.2, -0.15) is 5.10 Å². The molecular formula is C22H23N5O5. The Morgan fingerprint density at radius 2 is 1.97 bits per heavy atom. The molecule has 1 amide bonds. The molecule has 0 bridgehead atoms. The number of nitrogens with one attached hydrogen (secondary N) is 1. The van der Waals surface area contributed by atoms with Gasteiger partial charge in [-0.15, -0.1) is 0 Å². The van der Waals surface area contributed by atoms with E-state index in [4.69, 9.17) is 9.15 Å². The molecule has 3 heterocycles. The number of carbonyl (C=O) groups is 1. The Bertz CT molecular complexity index is 1390. The number of hydrogen-bond acceptors (Lipinski definition) is 6. The molecule has 32 heavy (non-hydrogen) atoms. The summed E-state index contributed by atoms with van der Waals surface area (Å²) < 4.78 is 14.4. The van der Waals surface area contributed by atoms with E-state index in [9.17, 15) is 14.4 Å². The lowest BCUT2D eigenvalue weighted by Gasteiger charge is -2.13. The molecule has 0 saturated heterocycles. The number of carbonyl (C=O) groups excluding carboxylic acids is 1. The lowest BCUT2D eigenvalue weighted by atomic mass is 10.3. The molecule has 10 nitrogen and oxygen atoms in total. The van der Waals surface area contributed by atoms with Crippen LogP contribution >= 0.6 is 0 Å². The van der Waals surface area contributed by atoms with Crippen molar-refractivity contribution < 1.29 is 13.9 Å². The van der Waals surface area contributed by atoms with Crippen molar-refractivity contribution in [3.63, 3.8) is 0 Å². The predicted octanol–water partition coefficient (Wildman–Crippen LogP) is 1.98. The predicted molar refractivity (Wildman–Crippen MR) is 118 cm³/mol. The monoisotopic (exact) mass is 437 g/mol. The third kappa shape index (κ3) is 3.82. The molecule has 0 aliphatic rings. The first-order valence-corrected chi connectivity index (χ1v) is 10.1. The fourth-order valence-corrected chi connectivity index (χ4v) is 3.68. The van der Waals surface area contributed by atoms with Crippen LogP contribution in [0, 0.1) is 6.92 Å². The topological polar surface area (TPSA) is 113 Å². The van der Waals surface area contributed by atoms with Gasteiger partial charge in [0.2, 0.25) is 5.91 Å². The van der Waals surface area contributed by atoms with Crippen LogP contribution in [0.1, 0.15) is 18.4 Å². The molecule has 0 fully saturated rings. The van der Waals surface area contributed by atoms with E-state index in [0.29, 0.717) is 35.0 Å². The van der Waals surface area contributed by atoms with Gasteiger partial charge in [-0.1, -0.05) is 6.07 Å². The van der Waals surface area contributed by atoms with Crippen molar-refractivity contribution in [2.75, 3.05) is 12.4 Å². The van der Waals surface area contributed by atoms with E-state index in [2.05, 4.69) is 10.4 Å². The summed E-state index contributed by atoms with van der Waals surface area (Å²) in [5.74, 6) is 0.623. The Hall–Kier alpha value is -4.08. The first kappa shape index (κ1) is 21.2. The summed E-state index contributed by atoms with van der Waals surface area (Å²) in [6.07, 6.45) is 1.47. The standard InChI is InChI=1S/C22H23N5O5/c1-4-27-20-19(14(2)24-27)25(13-18(28)23-15-7-5-8-16(11-15)31-3)22(30)26(21(20)29)12-17-9-6-10-32-17/h5-11H,4,12-13H2,1-3H3,(H,23,28). The number of nitrogens with zero attached hydrogens (tertiary/aromatic N) is 4. The van der Waals surface area contributed by atoms with Gasteiger partial charge >= 0.3 is 5.69 Å². The molecule has 4 rings (SSSR count). The number of anilines is 1. The number of ether oxygens (including phenoxy) is 1. The number of fused-ring (bicyclic) bond motifs is 1. The van der Waals surface area contributed by atoms with E-state index in [1.165, 1.54) is 17.9 Å². The van der Waals surface area contributed by atoms with Crippen molar-refractivity contribution in [2.45, 2.75) is 33.5 Å². The highest BCUT2D eigenvalue weighted by molar-refractivity contribution is 5.91. The van der Waals surface area contributed by atoms with Gasteiger partial charge < -0.3 is 14.5 Å². The lowest BCUT2D eigenvalue weighted by molar-refractivity contribution is -0.116. The van der Waals surface area contributed by atoms with E-state index in [0.717, 1.165) is 4.57 Å². The Balaban J connectivity index is 1.80. The van der Waals surface area contributed by atoms with Gasteiger partial charge in [0.25, 0.3) is 5.56 Å². The van der Waals surface area contributed by atoms with Gasteiger partial charge in [-0.25, -0.2) is 4.79 Å². The number of aromatic nitrogens is 4. The maximum absolute atomic E-state index is 13.3. The second-order valence-electron chi connectivity index (χ2n) is 7.22. The third-order valence-corrected chi connectivity index (χ3v) is 5.12. The van der Waals surface area contributed by atoms with E-state index in [1.807, 2.05) is 6.92 Å². The Kier molecular flexibility index (Phi) is 5.67. The smallest absolute Gasteiger partial charge is 0.332 e. The zero-order valence-electron chi connectivity index (χ0n) is 18.0. The minimum Gasteiger partial charge on any atom is -0.497 e. The SMILES string of the molecule is CCn1nc(C)c2c1c(=O)n(Cc1ccco1)c(=O)n2CC(=O)Nc1cccc(OC)c1. The highest BCUT2D eigenvalue weighted by Gasteiger charge is 2.22. The second kappa shape index (κ2) is 8.58. The van der Waals surface area contributed by atoms with Gasteiger partial charge in [0.1, 0.15) is 23.6 Å². The molecule has 0 radical (unpaired) electrons. The summed E-state index contributed by atoms with van der Waals surface area (Å²) in [7, 11) is 1.54. The molecule has 1 aromatic carbocycles. The Morgan fingerprint density at radius 1 is 1.16 bits per heavy atom. The van der Waals surface area contributed by atoms with Crippen LogP contribution in [0.5, 0.6) is 5.75 Å². The van der Waals surface area contributed by atoms with Crippen LogP contribution in [0.25, 0.3) is 11.0 Å². The summed E-state index contributed by atoms with van der Waals surface area (Å²) in [6.45, 7) is 3.66. The molecule has 0 spiro atoms. The number of aryl methyl sites for hydroxylation is 2. The molecule has 3 aromatic heterocycles. The number of methoxy groups -OCH3 is 1. The van der Waals surface area contributed by atoms with Crippen LogP contribution in [0.15, 0.2) is 56.7 Å². The summed E-state index contributed by atoms with van der Waals surface area (Å²) >= 11 is 0. The number of benzene rings is 1. The molecule has 0 saturated carbocycles. The average molecular weight is 437 g/mol. The van der Waals surface area contributed by atoms with Crippen LogP contribution in [0.3, 0.4) is 0 Å². The normalized spacial score (nSPS) is 11.1. The second-order valence-corrected chi connectivity index (χ2v) is 7.22. The number of hydrogen-bond donors (Lipinski definition) is 1. The van der Waals surface area contributed by atoms with Crippen LogP contribution in [0.4, 0.5) is 5.69 Å². The van der Waals surface area contributed by atoms with E-state index in [-0.39, 0.29) is 18.6 Å². The Morgan fingerprint density at radius 3 is 2.66 bits per heavy atom. The highest BCUT2D eigenvalue weighted by Crippen LogP contribution is 2.18. The van der Waals surface area contributed by atoms with Crippen LogP contribution < -0.4 is 21.3 Å². The fourth-order valence-electron chi connectivity index (χ4n) is 3.68. The van der Waals surface area contributed by atoms with Gasteiger partial charge in [0, 0.05) is 18.3 Å². The van der Waals surface area contributed by atoms with Crippen molar-refractivity contribution in [2.24, 2.45) is 0 Å². The van der Waals surface area contributed by atoms with Crippen molar-refractivity contribution in [1.82, 2.24) is 18.9 Å². The minimum atomic E-state index is -0.613. The van der Waals surface area contributed by atoms with Crippen LogP contribution in [-0.4, -0.2) is 31.9 Å². The fraction of sp³-hybridized carbons (Fsp3) is 0.273. The molecule has 0 aliphatic heterocycles. The van der Waals surface area contributed by atoms with Crippen molar-refractivity contribution in [3.8, 4) is 5.75 Å². The number of rotatable bonds is 7. The van der Waals surface area contributed by atoms with Crippen molar-refractivity contribution >= 4 is 22.6 Å². The molecular weight excluding hydrogens is 414 g/mol. The first-order chi connectivity index (χ1) is 15.4. The lowest BCUT2D eigenvalue weighted by Crippen LogP contribution is -2.42. The van der Waals surface area contributed by atoms with Gasteiger partial charge in [-0.05, 0) is 38.1 Å². The zero-order chi connectivity index (χ0) is 22.8. The highest BCUT2D eigenvalue weighted by atomic mass is 16.5. The van der Waals surface area contributed by atoms with Gasteiger partial charge in [-0.3, -0.25) is 23.4 Å². The molecule has 0 aliphatic carbocycles. The Labute approximate surface area is 182 Å². The summed E-state index contributed by atoms with van der Waals surface area (Å²) in [5, 5.41) is 7.16. The largest absolute Gasteiger partial charge is 0.497 e. The summed E-state index contributed by atoms with van der Waals surface area (Å²) in [4.78, 5) is 39.3. The van der Waals surface area contributed by atoms with Crippen LogP contribution in [-0.2, 0) is 24.4 Å². The van der Waals surface area contributed by atoms with Crippen molar-refractivity contribution in [3.05, 3.63) is 75.0 Å². The molecule has 1 N–H and O–H groups in total. The van der Waals surface area contributed by atoms with Gasteiger partial charge in [0.15, 0.2) is 5.52 Å². The molecule has 4 aromatic rings. The van der Waals surface area contributed by atoms with Gasteiger partial charge in [0.05, 0.1) is 25.6 Å². The van der Waals surface area contributed by atoms with Crippen molar-refractivity contribution in [1.29, 1.82) is 0 Å². The molecule has 166 valence electrons. The maximum Gasteiger partial charge on any atom is 0.332 e. The molecule has 0 atom stereocenters. The average Bonchev–Trinajstić information content (AvgIpc) is 3.41. The van der Waals surface area contributed by atoms with E-state index >= 15 is 0 Å². The van der Waals surface area contributed by atoms with E-state index in [1.54, 1.807) is 48.0 Å². The quantitative estimate of drug-likeness (QED) is 0.473.